The summed E-state index contributed by atoms with van der Waals surface area (Å²) in [5.74, 6) is 0.417. The summed E-state index contributed by atoms with van der Waals surface area (Å²) in [5, 5.41) is 4.56. The van der Waals surface area contributed by atoms with Crippen LogP contribution in [0.5, 0.6) is 0 Å². The van der Waals surface area contributed by atoms with Gasteiger partial charge in [-0.1, -0.05) is 29.8 Å². The van der Waals surface area contributed by atoms with Crippen LogP contribution in [0.4, 0.5) is 11.4 Å². The number of hydrogen-bond acceptors (Lipinski definition) is 4. The zero-order chi connectivity index (χ0) is 19.5. The molecule has 2 aromatic carbocycles. The number of carbonyl (C=O) groups excluding carboxylic acids is 1. The highest BCUT2D eigenvalue weighted by Gasteiger charge is 2.18. The van der Waals surface area contributed by atoms with Gasteiger partial charge in [0.1, 0.15) is 11.3 Å². The smallest absolute Gasteiger partial charge is 0.248 e. The zero-order valence-corrected chi connectivity index (χ0v) is 16.4. The van der Waals surface area contributed by atoms with Crippen LogP contribution in [0.3, 0.4) is 0 Å². The van der Waals surface area contributed by atoms with Crippen molar-refractivity contribution in [3.63, 3.8) is 0 Å². The van der Waals surface area contributed by atoms with Gasteiger partial charge in [-0.2, -0.15) is 0 Å². The summed E-state index contributed by atoms with van der Waals surface area (Å²) in [6, 6.07) is 15.3. The highest BCUT2D eigenvalue weighted by Crippen LogP contribution is 2.30. The number of rotatable bonds is 4. The average molecular weight is 396 g/mol. The number of halogens is 1. The molecule has 144 valence electrons. The van der Waals surface area contributed by atoms with Gasteiger partial charge in [-0.25, -0.2) is 0 Å². The van der Waals surface area contributed by atoms with Crippen molar-refractivity contribution < 1.29 is 9.21 Å². The standard InChI is InChI=1S/C22H22ClN3O2/c1-25-10-12-26(13-11-25)20-8-6-17(23)15-19(20)24-22(27)9-7-18-14-16-4-2-3-5-21(16)28-18/h2-9,14-15H,10-13H2,1H3,(H,24,27)/b9-7+. The molecule has 1 amide bonds. The van der Waals surface area contributed by atoms with Crippen molar-refractivity contribution in [2.45, 2.75) is 0 Å². The van der Waals surface area contributed by atoms with Crippen LogP contribution in [0, 0.1) is 0 Å². The first-order valence-electron chi connectivity index (χ1n) is 9.29. The van der Waals surface area contributed by atoms with Gasteiger partial charge in [-0.3, -0.25) is 4.79 Å². The number of para-hydroxylation sites is 1. The quantitative estimate of drug-likeness (QED) is 0.661. The van der Waals surface area contributed by atoms with Crippen molar-refractivity contribution in [1.29, 1.82) is 0 Å². The highest BCUT2D eigenvalue weighted by molar-refractivity contribution is 6.31. The predicted molar refractivity (Wildman–Crippen MR) is 115 cm³/mol. The van der Waals surface area contributed by atoms with Gasteiger partial charge < -0.3 is 19.5 Å². The summed E-state index contributed by atoms with van der Waals surface area (Å²) in [6.45, 7) is 3.80. The Morgan fingerprint density at radius 1 is 1.11 bits per heavy atom. The third kappa shape index (κ3) is 4.21. The van der Waals surface area contributed by atoms with Gasteiger partial charge in [-0.15, -0.1) is 0 Å². The van der Waals surface area contributed by atoms with Crippen LogP contribution in [-0.2, 0) is 4.79 Å². The van der Waals surface area contributed by atoms with Crippen molar-refractivity contribution in [3.05, 3.63) is 65.4 Å². The monoisotopic (exact) mass is 395 g/mol. The van der Waals surface area contributed by atoms with Gasteiger partial charge in [0.25, 0.3) is 0 Å². The lowest BCUT2D eigenvalue weighted by Gasteiger charge is -2.35. The molecule has 1 aromatic heterocycles. The largest absolute Gasteiger partial charge is 0.457 e. The van der Waals surface area contributed by atoms with Gasteiger partial charge in [0.15, 0.2) is 0 Å². The van der Waals surface area contributed by atoms with Crippen LogP contribution in [0.25, 0.3) is 17.0 Å². The molecule has 5 nitrogen and oxygen atoms in total. The number of anilines is 2. The molecule has 1 aliphatic heterocycles. The van der Waals surface area contributed by atoms with E-state index < -0.39 is 0 Å². The topological polar surface area (TPSA) is 48.7 Å². The van der Waals surface area contributed by atoms with E-state index in [-0.39, 0.29) is 5.91 Å². The van der Waals surface area contributed by atoms with Crippen LogP contribution < -0.4 is 10.2 Å². The molecule has 0 saturated carbocycles. The highest BCUT2D eigenvalue weighted by atomic mass is 35.5. The van der Waals surface area contributed by atoms with Gasteiger partial charge >= 0.3 is 0 Å². The third-order valence-electron chi connectivity index (χ3n) is 4.90. The van der Waals surface area contributed by atoms with E-state index in [4.69, 9.17) is 16.0 Å². The van der Waals surface area contributed by atoms with Gasteiger partial charge in [0, 0.05) is 42.7 Å². The first kappa shape index (κ1) is 18.6. The summed E-state index contributed by atoms with van der Waals surface area (Å²) in [5.41, 5.74) is 2.51. The van der Waals surface area contributed by atoms with Crippen LogP contribution in [0.1, 0.15) is 5.76 Å². The second-order valence-electron chi connectivity index (χ2n) is 6.96. The molecule has 28 heavy (non-hydrogen) atoms. The molecule has 2 heterocycles. The number of nitrogens with one attached hydrogen (secondary N) is 1. The summed E-state index contributed by atoms with van der Waals surface area (Å²) in [4.78, 5) is 17.1. The summed E-state index contributed by atoms with van der Waals surface area (Å²) in [6.07, 6.45) is 3.15. The minimum absolute atomic E-state index is 0.224. The van der Waals surface area contributed by atoms with Crippen molar-refractivity contribution in [2.24, 2.45) is 0 Å². The number of nitrogens with zero attached hydrogens (tertiary/aromatic N) is 2. The van der Waals surface area contributed by atoms with Crippen LogP contribution in [-0.4, -0.2) is 44.0 Å². The van der Waals surface area contributed by atoms with Crippen LogP contribution in [0.15, 0.2) is 59.0 Å². The lowest BCUT2D eigenvalue weighted by atomic mass is 10.2. The van der Waals surface area contributed by atoms with Gasteiger partial charge in [0.2, 0.25) is 5.91 Å². The lowest BCUT2D eigenvalue weighted by molar-refractivity contribution is -0.111. The zero-order valence-electron chi connectivity index (χ0n) is 15.7. The summed E-state index contributed by atoms with van der Waals surface area (Å²) < 4.78 is 5.72. The maximum absolute atomic E-state index is 12.5. The normalized spacial score (nSPS) is 15.4. The molecule has 3 aromatic rings. The van der Waals surface area contributed by atoms with Crippen LogP contribution in [0.2, 0.25) is 5.02 Å². The summed E-state index contributed by atoms with van der Waals surface area (Å²) >= 11 is 6.17. The van der Waals surface area contributed by atoms with E-state index in [0.717, 1.165) is 48.5 Å². The molecule has 1 aliphatic rings. The first-order chi connectivity index (χ1) is 13.6. The Morgan fingerprint density at radius 3 is 2.68 bits per heavy atom. The molecule has 0 bridgehead atoms. The minimum Gasteiger partial charge on any atom is -0.457 e. The van der Waals surface area contributed by atoms with Crippen molar-refractivity contribution >= 4 is 45.9 Å². The third-order valence-corrected chi connectivity index (χ3v) is 5.14. The van der Waals surface area contributed by atoms with Crippen LogP contribution >= 0.6 is 11.6 Å². The minimum atomic E-state index is -0.224. The van der Waals surface area contributed by atoms with E-state index in [1.54, 1.807) is 12.1 Å². The van der Waals surface area contributed by atoms with E-state index in [9.17, 15) is 4.79 Å². The molecular weight excluding hydrogens is 374 g/mol. The lowest BCUT2D eigenvalue weighted by Crippen LogP contribution is -2.44. The Morgan fingerprint density at radius 2 is 1.89 bits per heavy atom. The molecule has 4 rings (SSSR count). The predicted octanol–water partition coefficient (Wildman–Crippen LogP) is 4.49. The molecule has 0 spiro atoms. The molecule has 0 unspecified atom stereocenters. The van der Waals surface area contributed by atoms with E-state index in [1.165, 1.54) is 6.08 Å². The molecule has 0 radical (unpaired) electrons. The molecule has 1 N–H and O–H groups in total. The number of furan rings is 1. The average Bonchev–Trinajstić information content (AvgIpc) is 3.11. The molecule has 1 fully saturated rings. The molecular formula is C22H22ClN3O2. The second-order valence-corrected chi connectivity index (χ2v) is 7.40. The number of fused-ring (bicyclic) bond motifs is 1. The number of hydrogen-bond donors (Lipinski definition) is 1. The Labute approximate surface area is 169 Å². The molecule has 6 heteroatoms. The maximum Gasteiger partial charge on any atom is 0.248 e. The Bertz CT molecular complexity index is 987. The summed E-state index contributed by atoms with van der Waals surface area (Å²) in [7, 11) is 2.12. The number of benzene rings is 2. The molecule has 1 saturated heterocycles. The Hall–Kier alpha value is -2.76. The fraction of sp³-hybridized carbons (Fsp3) is 0.227. The Kier molecular flexibility index (Phi) is 5.37. The second kappa shape index (κ2) is 8.09. The van der Waals surface area contributed by atoms with Crippen molar-refractivity contribution in [1.82, 2.24) is 4.90 Å². The number of amides is 1. The van der Waals surface area contributed by atoms with E-state index in [2.05, 4.69) is 22.2 Å². The maximum atomic E-state index is 12.5. The van der Waals surface area contributed by atoms with E-state index in [0.29, 0.717) is 10.8 Å². The molecule has 0 atom stereocenters. The van der Waals surface area contributed by atoms with Crippen molar-refractivity contribution in [3.8, 4) is 0 Å². The fourth-order valence-corrected chi connectivity index (χ4v) is 3.52. The van der Waals surface area contributed by atoms with Gasteiger partial charge in [-0.05, 0) is 43.5 Å². The number of likely N-dealkylation sites (N-methyl/N-ethyl adjacent to an activating group) is 1. The molecule has 0 aliphatic carbocycles. The SMILES string of the molecule is CN1CCN(c2ccc(Cl)cc2NC(=O)/C=C/c2cc3ccccc3o2)CC1. The van der Waals surface area contributed by atoms with Gasteiger partial charge in [0.05, 0.1) is 11.4 Å². The van der Waals surface area contributed by atoms with E-state index in [1.807, 2.05) is 42.5 Å². The Balaban J connectivity index is 1.49. The number of piperazine rings is 1. The fourth-order valence-electron chi connectivity index (χ4n) is 3.35. The first-order valence-corrected chi connectivity index (χ1v) is 9.67. The van der Waals surface area contributed by atoms with E-state index >= 15 is 0 Å². The van der Waals surface area contributed by atoms with Crippen molar-refractivity contribution in [2.75, 3.05) is 43.4 Å². The number of carbonyl (C=O) groups is 1.